The Bertz CT molecular complexity index is 970. The normalized spacial score (nSPS) is 11.1. The number of nitrogens with one attached hydrogen (secondary N) is 2. The van der Waals surface area contributed by atoms with Gasteiger partial charge in [-0.05, 0) is 38.1 Å². The Kier molecular flexibility index (Phi) is 17.0. The molecule has 192 valence electrons. The summed E-state index contributed by atoms with van der Waals surface area (Å²) in [5, 5.41) is 10.6. The van der Waals surface area contributed by atoms with Gasteiger partial charge >= 0.3 is 0 Å². The maximum atomic E-state index is 13.3. The van der Waals surface area contributed by atoms with Crippen molar-refractivity contribution in [2.75, 3.05) is 13.2 Å². The number of aldehydes is 1. The lowest BCUT2D eigenvalue weighted by Crippen LogP contribution is -2.32. The summed E-state index contributed by atoms with van der Waals surface area (Å²) in [4.78, 5) is 19.5. The molecule has 2 rings (SSSR count). The zero-order valence-electron chi connectivity index (χ0n) is 18.8. The molecule has 35 heavy (non-hydrogen) atoms. The number of hydroxylamine groups is 2. The molecule has 0 fully saturated rings. The molecule has 0 radical (unpaired) electrons. The predicted molar refractivity (Wildman–Crippen MR) is 133 cm³/mol. The van der Waals surface area contributed by atoms with E-state index < -0.39 is 11.6 Å². The molecule has 0 aromatic heterocycles. The fourth-order valence-electron chi connectivity index (χ4n) is 1.75. The van der Waals surface area contributed by atoms with Gasteiger partial charge in [0.15, 0.2) is 6.29 Å². The SMILES string of the molecule is CCONC(N)=N/N=C/c1c(F)cccc1Cl.CCONC(N)=NN.O=Cc1c(F)cccc1Cl. The fourth-order valence-corrected chi connectivity index (χ4v) is 2.16. The molecule has 2 aromatic carbocycles. The number of carbonyl (C=O) groups is 1. The summed E-state index contributed by atoms with van der Waals surface area (Å²) in [6.45, 7) is 4.55. The Balaban J connectivity index is 0.000000545. The highest BCUT2D eigenvalue weighted by atomic mass is 35.5. The molecule has 0 aliphatic rings. The molecule has 0 bridgehead atoms. The first-order chi connectivity index (χ1) is 16.7. The Morgan fingerprint density at radius 1 is 0.943 bits per heavy atom. The molecule has 0 amide bonds. The van der Waals surface area contributed by atoms with Crippen LogP contribution in [0.3, 0.4) is 0 Å². The van der Waals surface area contributed by atoms with Crippen molar-refractivity contribution in [2.45, 2.75) is 13.8 Å². The van der Waals surface area contributed by atoms with Crippen LogP contribution in [-0.2, 0) is 9.68 Å². The second-order valence-corrected chi connectivity index (χ2v) is 6.52. The summed E-state index contributed by atoms with van der Waals surface area (Å²) in [7, 11) is 0. The van der Waals surface area contributed by atoms with Crippen LogP contribution in [0.1, 0.15) is 29.8 Å². The molecule has 15 heteroatoms. The molecular weight excluding hydrogens is 509 g/mol. The van der Waals surface area contributed by atoms with Crippen LogP contribution in [0, 0.1) is 11.6 Å². The van der Waals surface area contributed by atoms with Crippen LogP contribution in [0.15, 0.2) is 51.7 Å². The quantitative estimate of drug-likeness (QED) is 0.118. The zero-order chi connectivity index (χ0) is 26.6. The van der Waals surface area contributed by atoms with Crippen LogP contribution in [0.5, 0.6) is 0 Å². The maximum Gasteiger partial charge on any atom is 0.237 e. The molecular formula is C20H26Cl2F2N8O3. The monoisotopic (exact) mass is 534 g/mol. The van der Waals surface area contributed by atoms with E-state index in [4.69, 9.17) is 45.3 Å². The summed E-state index contributed by atoms with van der Waals surface area (Å²) < 4.78 is 25.8. The fraction of sp³-hybridized carbons (Fsp3) is 0.200. The summed E-state index contributed by atoms with van der Waals surface area (Å²) in [6, 6.07) is 8.44. The number of carbonyl (C=O) groups excluding carboxylic acids is 1. The first-order valence-electron chi connectivity index (χ1n) is 9.70. The van der Waals surface area contributed by atoms with E-state index in [0.717, 1.165) is 0 Å². The van der Waals surface area contributed by atoms with Gasteiger partial charge in [0.25, 0.3) is 0 Å². The first-order valence-corrected chi connectivity index (χ1v) is 10.5. The molecule has 0 heterocycles. The molecule has 0 aliphatic carbocycles. The largest absolute Gasteiger partial charge is 0.367 e. The van der Waals surface area contributed by atoms with Gasteiger partial charge in [0.2, 0.25) is 11.9 Å². The van der Waals surface area contributed by atoms with E-state index in [9.17, 15) is 13.6 Å². The number of rotatable bonds is 7. The van der Waals surface area contributed by atoms with E-state index >= 15 is 0 Å². The summed E-state index contributed by atoms with van der Waals surface area (Å²) >= 11 is 11.2. The smallest absolute Gasteiger partial charge is 0.237 e. The minimum Gasteiger partial charge on any atom is -0.367 e. The van der Waals surface area contributed by atoms with Crippen molar-refractivity contribution in [3.63, 3.8) is 0 Å². The Morgan fingerprint density at radius 2 is 1.43 bits per heavy atom. The number of nitrogens with zero attached hydrogens (tertiary/aromatic N) is 3. The van der Waals surface area contributed by atoms with Crippen molar-refractivity contribution in [3.05, 3.63) is 69.2 Å². The van der Waals surface area contributed by atoms with Crippen LogP contribution in [0.25, 0.3) is 0 Å². The molecule has 8 N–H and O–H groups in total. The van der Waals surface area contributed by atoms with Crippen LogP contribution in [0.4, 0.5) is 8.78 Å². The van der Waals surface area contributed by atoms with Crippen molar-refractivity contribution in [3.8, 4) is 0 Å². The van der Waals surface area contributed by atoms with Gasteiger partial charge in [-0.1, -0.05) is 35.3 Å². The lowest BCUT2D eigenvalue weighted by molar-refractivity contribution is 0.0957. The Morgan fingerprint density at radius 3 is 1.83 bits per heavy atom. The second-order valence-electron chi connectivity index (χ2n) is 5.70. The minimum absolute atomic E-state index is 0.0319. The van der Waals surface area contributed by atoms with E-state index in [2.05, 4.69) is 31.1 Å². The van der Waals surface area contributed by atoms with Gasteiger partial charge in [-0.2, -0.15) is 5.10 Å². The number of nitrogens with two attached hydrogens (primary N) is 3. The second kappa shape index (κ2) is 18.9. The highest BCUT2D eigenvalue weighted by Crippen LogP contribution is 2.17. The third-order valence-corrected chi connectivity index (χ3v) is 3.91. The zero-order valence-corrected chi connectivity index (χ0v) is 20.4. The Labute approximate surface area is 210 Å². The number of hydrazone groups is 1. The molecule has 0 aliphatic heterocycles. The van der Waals surface area contributed by atoms with Crippen molar-refractivity contribution in [1.82, 2.24) is 11.0 Å². The van der Waals surface area contributed by atoms with Gasteiger partial charge in [-0.25, -0.2) is 19.7 Å². The molecule has 0 unspecified atom stereocenters. The molecule has 0 saturated heterocycles. The van der Waals surface area contributed by atoms with Crippen LogP contribution in [-0.4, -0.2) is 37.6 Å². The molecule has 0 spiro atoms. The van der Waals surface area contributed by atoms with E-state index in [0.29, 0.717) is 19.5 Å². The summed E-state index contributed by atoms with van der Waals surface area (Å²) in [6.07, 6.45) is 1.58. The van der Waals surface area contributed by atoms with Crippen molar-refractivity contribution in [1.29, 1.82) is 0 Å². The van der Waals surface area contributed by atoms with Crippen LogP contribution >= 0.6 is 23.2 Å². The van der Waals surface area contributed by atoms with Gasteiger partial charge in [0.05, 0.1) is 35.0 Å². The van der Waals surface area contributed by atoms with Gasteiger partial charge in [-0.3, -0.25) is 14.5 Å². The number of hydrogen-bond acceptors (Lipinski definition) is 7. The van der Waals surface area contributed by atoms with Gasteiger partial charge < -0.3 is 17.3 Å². The highest BCUT2D eigenvalue weighted by Gasteiger charge is 2.04. The van der Waals surface area contributed by atoms with Crippen LogP contribution < -0.4 is 28.3 Å². The first kappa shape index (κ1) is 31.5. The molecule has 0 saturated carbocycles. The maximum absolute atomic E-state index is 13.3. The van der Waals surface area contributed by atoms with E-state index in [1.807, 2.05) is 6.92 Å². The average molecular weight is 535 g/mol. The van der Waals surface area contributed by atoms with E-state index in [-0.39, 0.29) is 33.1 Å². The van der Waals surface area contributed by atoms with E-state index in [1.54, 1.807) is 13.0 Å². The van der Waals surface area contributed by atoms with Gasteiger partial charge in [-0.15, -0.1) is 10.2 Å². The van der Waals surface area contributed by atoms with Crippen molar-refractivity contribution in [2.24, 2.45) is 32.6 Å². The third kappa shape index (κ3) is 13.7. The minimum atomic E-state index is -0.581. The highest BCUT2D eigenvalue weighted by molar-refractivity contribution is 6.33. The molecule has 2 aromatic rings. The number of hydrogen-bond donors (Lipinski definition) is 5. The molecule has 11 nitrogen and oxygen atoms in total. The Hall–Kier alpha value is -3.52. The number of benzene rings is 2. The topological polar surface area (TPSA) is 175 Å². The average Bonchev–Trinajstić information content (AvgIpc) is 2.84. The number of guanidine groups is 2. The number of halogens is 4. The van der Waals surface area contributed by atoms with Crippen molar-refractivity contribution < 1.29 is 23.3 Å². The van der Waals surface area contributed by atoms with E-state index in [1.165, 1.54) is 36.5 Å². The lowest BCUT2D eigenvalue weighted by atomic mass is 10.2. The van der Waals surface area contributed by atoms with Gasteiger partial charge in [0.1, 0.15) is 11.6 Å². The van der Waals surface area contributed by atoms with Crippen molar-refractivity contribution >= 4 is 47.6 Å². The standard InChI is InChI=1S/C10H12ClFN4O.C7H4ClFO.C3H10N4O/c1-2-17-16-10(13)15-14-6-7-8(11)4-3-5-9(7)12;8-6-2-1-3-7(9)5(6)4-10;1-2-8-7-3(4)6-5/h3-6H,2H2,1H3,(H3,13,15,16);1-4H;2,5H2,1H3,(H3,4,6,7)/b14-6+;;. The van der Waals surface area contributed by atoms with Gasteiger partial charge in [0, 0.05) is 5.56 Å². The summed E-state index contributed by atoms with van der Waals surface area (Å²) in [5.41, 5.74) is 15.1. The lowest BCUT2D eigenvalue weighted by Gasteiger charge is -2.00. The predicted octanol–water partition coefficient (Wildman–Crippen LogP) is 2.68. The molecule has 0 atom stereocenters. The van der Waals surface area contributed by atoms with Crippen LogP contribution in [0.2, 0.25) is 10.0 Å². The summed E-state index contributed by atoms with van der Waals surface area (Å²) in [5.74, 6) is 3.72. The third-order valence-electron chi connectivity index (χ3n) is 3.25.